The molecule has 100 valence electrons. The Balaban J connectivity index is 2.27. The molecule has 0 saturated carbocycles. The van der Waals surface area contributed by atoms with Gasteiger partial charge < -0.3 is 15.5 Å². The molecule has 0 bridgehead atoms. The van der Waals surface area contributed by atoms with Crippen LogP contribution in [0.4, 0.5) is 5.69 Å². The van der Waals surface area contributed by atoms with Crippen molar-refractivity contribution in [3.63, 3.8) is 0 Å². The van der Waals surface area contributed by atoms with Gasteiger partial charge in [0.25, 0.3) is 5.56 Å². The SMILES string of the molecule is CCOc1nc(Sc2nc(C)cc(=O)[nH]2)ccc1N. The smallest absolute Gasteiger partial charge is 0.251 e. The number of nitrogens with two attached hydrogens (primary N) is 1. The third kappa shape index (κ3) is 3.47. The first-order valence-electron chi connectivity index (χ1n) is 5.73. The van der Waals surface area contributed by atoms with E-state index in [0.717, 1.165) is 0 Å². The van der Waals surface area contributed by atoms with Crippen molar-refractivity contribution in [2.45, 2.75) is 24.0 Å². The summed E-state index contributed by atoms with van der Waals surface area (Å²) in [6, 6.07) is 4.91. The average Bonchev–Trinajstić information content (AvgIpc) is 2.32. The van der Waals surface area contributed by atoms with Gasteiger partial charge in [-0.3, -0.25) is 4.79 Å². The van der Waals surface area contributed by atoms with Gasteiger partial charge >= 0.3 is 0 Å². The van der Waals surface area contributed by atoms with Crippen molar-refractivity contribution in [3.8, 4) is 5.88 Å². The molecule has 3 N–H and O–H groups in total. The third-order valence-corrected chi connectivity index (χ3v) is 3.02. The molecule has 0 aliphatic heterocycles. The summed E-state index contributed by atoms with van der Waals surface area (Å²) in [5.74, 6) is 0.391. The molecule has 7 heteroatoms. The number of nitrogens with one attached hydrogen (secondary N) is 1. The highest BCUT2D eigenvalue weighted by Crippen LogP contribution is 2.27. The van der Waals surface area contributed by atoms with Crippen LogP contribution in [0.2, 0.25) is 0 Å². The number of hydrogen-bond acceptors (Lipinski definition) is 6. The molecule has 6 nitrogen and oxygen atoms in total. The average molecular weight is 278 g/mol. The van der Waals surface area contributed by atoms with Gasteiger partial charge in [-0.1, -0.05) is 0 Å². The first-order valence-corrected chi connectivity index (χ1v) is 6.55. The summed E-state index contributed by atoms with van der Waals surface area (Å²) in [4.78, 5) is 22.5. The Hall–Kier alpha value is -2.02. The largest absolute Gasteiger partial charge is 0.476 e. The molecule has 0 radical (unpaired) electrons. The molecule has 19 heavy (non-hydrogen) atoms. The van der Waals surface area contributed by atoms with E-state index in [9.17, 15) is 4.79 Å². The maximum atomic E-state index is 11.4. The van der Waals surface area contributed by atoms with Crippen molar-refractivity contribution in [1.82, 2.24) is 15.0 Å². The Labute approximate surface area is 114 Å². The number of anilines is 1. The van der Waals surface area contributed by atoms with E-state index in [1.807, 2.05) is 6.92 Å². The lowest BCUT2D eigenvalue weighted by Gasteiger charge is -2.07. The molecule has 0 spiro atoms. The zero-order valence-electron chi connectivity index (χ0n) is 10.6. The maximum Gasteiger partial charge on any atom is 0.251 e. The van der Waals surface area contributed by atoms with Gasteiger partial charge in [0, 0.05) is 11.8 Å². The molecule has 0 fully saturated rings. The molecule has 0 aromatic carbocycles. The quantitative estimate of drug-likeness (QED) is 0.825. The van der Waals surface area contributed by atoms with Gasteiger partial charge in [-0.15, -0.1) is 0 Å². The van der Waals surface area contributed by atoms with Crippen molar-refractivity contribution >= 4 is 17.4 Å². The predicted molar refractivity (Wildman–Crippen MR) is 73.5 cm³/mol. The van der Waals surface area contributed by atoms with Crippen LogP contribution >= 0.6 is 11.8 Å². The Morgan fingerprint density at radius 3 is 2.89 bits per heavy atom. The van der Waals surface area contributed by atoms with Crippen LogP contribution in [0.15, 0.2) is 33.2 Å². The summed E-state index contributed by atoms with van der Waals surface area (Å²) in [5.41, 5.74) is 6.70. The normalized spacial score (nSPS) is 10.4. The van der Waals surface area contributed by atoms with Crippen molar-refractivity contribution < 1.29 is 4.74 Å². The van der Waals surface area contributed by atoms with E-state index in [2.05, 4.69) is 15.0 Å². The Bertz CT molecular complexity index is 642. The summed E-state index contributed by atoms with van der Waals surface area (Å²) < 4.78 is 5.32. The standard InChI is InChI=1S/C12H14N4O2S/c1-3-18-11-8(13)4-5-10(16-11)19-12-14-7(2)6-9(17)15-12/h4-6H,3,13H2,1-2H3,(H,14,15,17). The minimum Gasteiger partial charge on any atom is -0.476 e. The molecule has 2 aromatic rings. The zero-order valence-corrected chi connectivity index (χ0v) is 11.5. The third-order valence-electron chi connectivity index (χ3n) is 2.19. The molecule has 0 aliphatic carbocycles. The van der Waals surface area contributed by atoms with Crippen LogP contribution in [-0.2, 0) is 0 Å². The van der Waals surface area contributed by atoms with Crippen molar-refractivity contribution in [1.29, 1.82) is 0 Å². The van der Waals surface area contributed by atoms with Gasteiger partial charge in [0.2, 0.25) is 5.88 Å². The van der Waals surface area contributed by atoms with E-state index in [1.54, 1.807) is 19.1 Å². The van der Waals surface area contributed by atoms with Crippen LogP contribution in [-0.4, -0.2) is 21.6 Å². The minimum absolute atomic E-state index is 0.185. The second-order valence-electron chi connectivity index (χ2n) is 3.77. The number of nitrogen functional groups attached to an aromatic ring is 1. The molecular formula is C12H14N4O2S. The second kappa shape index (κ2) is 5.75. The van der Waals surface area contributed by atoms with Crippen molar-refractivity contribution in [2.75, 3.05) is 12.3 Å². The number of nitrogens with zero attached hydrogens (tertiary/aromatic N) is 2. The first-order chi connectivity index (χ1) is 9.08. The predicted octanol–water partition coefficient (Wildman–Crippen LogP) is 1.61. The molecule has 0 amide bonds. The van der Waals surface area contributed by atoms with Crippen LogP contribution in [0, 0.1) is 6.92 Å². The van der Waals surface area contributed by atoms with E-state index in [-0.39, 0.29) is 5.56 Å². The van der Waals surface area contributed by atoms with E-state index in [0.29, 0.717) is 34.1 Å². The minimum atomic E-state index is -0.185. The van der Waals surface area contributed by atoms with Gasteiger partial charge in [-0.2, -0.15) is 0 Å². The number of rotatable bonds is 4. The lowest BCUT2D eigenvalue weighted by molar-refractivity contribution is 0.326. The van der Waals surface area contributed by atoms with Gasteiger partial charge in [-0.25, -0.2) is 9.97 Å². The Kier molecular flexibility index (Phi) is 4.06. The number of hydrogen-bond donors (Lipinski definition) is 2. The second-order valence-corrected chi connectivity index (χ2v) is 4.78. The molecule has 2 aromatic heterocycles. The van der Waals surface area contributed by atoms with Crippen LogP contribution in [0.25, 0.3) is 0 Å². The molecule has 0 aliphatic rings. The van der Waals surface area contributed by atoms with E-state index < -0.39 is 0 Å². The first kappa shape index (κ1) is 13.4. The maximum absolute atomic E-state index is 11.4. The molecule has 0 atom stereocenters. The summed E-state index contributed by atoms with van der Waals surface area (Å²) >= 11 is 1.25. The highest BCUT2D eigenvalue weighted by molar-refractivity contribution is 7.99. The molecule has 0 saturated heterocycles. The summed E-state index contributed by atoms with van der Waals surface area (Å²) in [6.07, 6.45) is 0. The fraction of sp³-hybridized carbons (Fsp3) is 0.250. The summed E-state index contributed by atoms with van der Waals surface area (Å²) in [6.45, 7) is 4.12. The lowest BCUT2D eigenvalue weighted by Crippen LogP contribution is -2.08. The number of aryl methyl sites for hydroxylation is 1. The summed E-state index contributed by atoms with van der Waals surface area (Å²) in [7, 11) is 0. The van der Waals surface area contributed by atoms with E-state index in [4.69, 9.17) is 10.5 Å². The Morgan fingerprint density at radius 1 is 1.42 bits per heavy atom. The van der Waals surface area contributed by atoms with E-state index >= 15 is 0 Å². The highest BCUT2D eigenvalue weighted by atomic mass is 32.2. The summed E-state index contributed by atoms with van der Waals surface area (Å²) in [5, 5.41) is 1.15. The zero-order chi connectivity index (χ0) is 13.8. The van der Waals surface area contributed by atoms with Gasteiger partial charge in [0.1, 0.15) is 5.03 Å². The Morgan fingerprint density at radius 2 is 2.21 bits per heavy atom. The van der Waals surface area contributed by atoms with Crippen molar-refractivity contribution in [2.24, 2.45) is 0 Å². The molecule has 2 rings (SSSR count). The topological polar surface area (TPSA) is 93.9 Å². The fourth-order valence-electron chi connectivity index (χ4n) is 1.44. The van der Waals surface area contributed by atoms with Crippen LogP contribution in [0.3, 0.4) is 0 Å². The van der Waals surface area contributed by atoms with Crippen LogP contribution in [0.5, 0.6) is 5.88 Å². The number of pyridine rings is 1. The van der Waals surface area contributed by atoms with E-state index in [1.165, 1.54) is 17.8 Å². The molecular weight excluding hydrogens is 264 g/mol. The number of aromatic amines is 1. The van der Waals surface area contributed by atoms with Crippen LogP contribution < -0.4 is 16.0 Å². The molecule has 0 unspecified atom stereocenters. The van der Waals surface area contributed by atoms with Crippen molar-refractivity contribution in [3.05, 3.63) is 34.2 Å². The number of ether oxygens (including phenoxy) is 1. The lowest BCUT2D eigenvalue weighted by atomic mass is 10.4. The van der Waals surface area contributed by atoms with Gasteiger partial charge in [0.15, 0.2) is 5.16 Å². The highest BCUT2D eigenvalue weighted by Gasteiger charge is 2.07. The molecule has 2 heterocycles. The van der Waals surface area contributed by atoms with Gasteiger partial charge in [-0.05, 0) is 37.7 Å². The number of H-pyrrole nitrogens is 1. The monoisotopic (exact) mass is 278 g/mol. The number of aromatic nitrogens is 3. The van der Waals surface area contributed by atoms with Crippen LogP contribution in [0.1, 0.15) is 12.6 Å². The fourth-order valence-corrected chi connectivity index (χ4v) is 2.25. The van der Waals surface area contributed by atoms with Gasteiger partial charge in [0.05, 0.1) is 12.3 Å².